The summed E-state index contributed by atoms with van der Waals surface area (Å²) in [6, 6.07) is 11.9. The second-order valence-corrected chi connectivity index (χ2v) is 7.05. The van der Waals surface area contributed by atoms with Crippen molar-refractivity contribution in [3.05, 3.63) is 71.4 Å². The smallest absolute Gasteiger partial charge is 0.361 e. The Kier molecular flexibility index (Phi) is 4.77. The van der Waals surface area contributed by atoms with Gasteiger partial charge in [0, 0.05) is 31.1 Å². The number of alkyl halides is 3. The lowest BCUT2D eigenvalue weighted by Crippen LogP contribution is -2.37. The molecular formula is C21H18F3N3O2. The van der Waals surface area contributed by atoms with Crippen LogP contribution in [-0.2, 0) is 17.5 Å². The van der Waals surface area contributed by atoms with E-state index in [0.717, 1.165) is 11.5 Å². The van der Waals surface area contributed by atoms with Crippen molar-refractivity contribution in [2.75, 3.05) is 6.54 Å². The first-order valence-corrected chi connectivity index (χ1v) is 9.13. The number of likely N-dealkylation sites (tertiary alicyclic amines) is 1. The molecule has 1 saturated heterocycles. The minimum atomic E-state index is -4.48. The van der Waals surface area contributed by atoms with Gasteiger partial charge in [-0.1, -0.05) is 30.3 Å². The van der Waals surface area contributed by atoms with E-state index >= 15 is 0 Å². The number of benzene rings is 2. The van der Waals surface area contributed by atoms with E-state index in [9.17, 15) is 22.8 Å². The molecule has 2 N–H and O–H groups in total. The molecule has 0 radical (unpaired) electrons. The van der Waals surface area contributed by atoms with Crippen molar-refractivity contribution in [2.24, 2.45) is 0 Å². The van der Waals surface area contributed by atoms with E-state index in [4.69, 9.17) is 0 Å². The Morgan fingerprint density at radius 2 is 1.93 bits per heavy atom. The summed E-state index contributed by atoms with van der Waals surface area (Å²) >= 11 is 0. The van der Waals surface area contributed by atoms with Gasteiger partial charge < -0.3 is 15.2 Å². The highest BCUT2D eigenvalue weighted by atomic mass is 19.4. The molecule has 2 aromatic carbocycles. The molecule has 2 heterocycles. The van der Waals surface area contributed by atoms with Gasteiger partial charge in [0.1, 0.15) is 0 Å². The van der Waals surface area contributed by atoms with Crippen molar-refractivity contribution >= 4 is 22.7 Å². The minimum absolute atomic E-state index is 0.0384. The molecule has 8 heteroatoms. The number of nitrogens with zero attached hydrogens (tertiary/aromatic N) is 1. The summed E-state index contributed by atoms with van der Waals surface area (Å²) in [4.78, 5) is 29.4. The van der Waals surface area contributed by atoms with Crippen LogP contribution in [-0.4, -0.2) is 34.3 Å². The van der Waals surface area contributed by atoms with Crippen LogP contribution in [0.2, 0.25) is 0 Å². The Hall–Kier alpha value is -3.29. The molecule has 150 valence electrons. The van der Waals surface area contributed by atoms with Gasteiger partial charge in [-0.15, -0.1) is 0 Å². The van der Waals surface area contributed by atoms with Gasteiger partial charge in [-0.05, 0) is 23.8 Å². The average molecular weight is 401 g/mol. The Balaban J connectivity index is 1.46. The number of aromatic nitrogens is 1. The summed E-state index contributed by atoms with van der Waals surface area (Å²) in [6.07, 6.45) is -2.69. The Bertz CT molecular complexity index is 1070. The third-order valence-corrected chi connectivity index (χ3v) is 5.07. The van der Waals surface area contributed by atoms with Gasteiger partial charge in [-0.2, -0.15) is 13.2 Å². The predicted octanol–water partition coefficient (Wildman–Crippen LogP) is 3.72. The number of fused-ring (bicyclic) bond motifs is 1. The van der Waals surface area contributed by atoms with Gasteiger partial charge in [0.05, 0.1) is 22.7 Å². The molecule has 1 atom stereocenters. The Morgan fingerprint density at radius 1 is 1.14 bits per heavy atom. The zero-order chi connectivity index (χ0) is 20.6. The molecule has 1 aliphatic heterocycles. The maximum Gasteiger partial charge on any atom is 0.416 e. The van der Waals surface area contributed by atoms with E-state index in [-0.39, 0.29) is 36.9 Å². The van der Waals surface area contributed by atoms with E-state index in [2.05, 4.69) is 10.3 Å². The molecule has 0 spiro atoms. The summed E-state index contributed by atoms with van der Waals surface area (Å²) in [6.45, 7) is 0.0184. The standard InChI is InChI=1S/C21H18F3N3O2/c22-21(23,24)17-7-2-1-4-14(17)11-27-12-15(10-18(27)28)26-20(29)16-6-3-5-13-8-9-25-19(13)16/h1-9,15,25H,10-12H2,(H,26,29)/t15-/m1/s1. The minimum Gasteiger partial charge on any atom is -0.361 e. The molecule has 0 aliphatic carbocycles. The van der Waals surface area contributed by atoms with E-state index in [0.29, 0.717) is 11.1 Å². The van der Waals surface area contributed by atoms with Crippen molar-refractivity contribution in [3.63, 3.8) is 0 Å². The maximum absolute atomic E-state index is 13.2. The molecule has 3 aromatic rings. The largest absolute Gasteiger partial charge is 0.416 e. The van der Waals surface area contributed by atoms with Crippen LogP contribution in [0.1, 0.15) is 27.9 Å². The molecule has 0 bridgehead atoms. The van der Waals surface area contributed by atoms with Crippen LogP contribution in [0.4, 0.5) is 13.2 Å². The lowest BCUT2D eigenvalue weighted by Gasteiger charge is -2.20. The number of carbonyl (C=O) groups is 2. The molecule has 4 rings (SSSR count). The van der Waals surface area contributed by atoms with Crippen molar-refractivity contribution in [1.29, 1.82) is 0 Å². The van der Waals surface area contributed by atoms with Crippen LogP contribution in [0.25, 0.3) is 10.9 Å². The van der Waals surface area contributed by atoms with E-state index in [1.54, 1.807) is 18.3 Å². The highest BCUT2D eigenvalue weighted by Crippen LogP contribution is 2.33. The molecular weight excluding hydrogens is 383 g/mol. The summed E-state index contributed by atoms with van der Waals surface area (Å²) in [5.41, 5.74) is 0.446. The third kappa shape index (κ3) is 3.83. The summed E-state index contributed by atoms with van der Waals surface area (Å²) in [5, 5.41) is 3.72. The van der Waals surface area contributed by atoms with Crippen molar-refractivity contribution in [1.82, 2.24) is 15.2 Å². The molecule has 29 heavy (non-hydrogen) atoms. The number of halogens is 3. The van der Waals surface area contributed by atoms with Crippen molar-refractivity contribution in [3.8, 4) is 0 Å². The highest BCUT2D eigenvalue weighted by Gasteiger charge is 2.36. The number of aromatic amines is 1. The summed E-state index contributed by atoms with van der Waals surface area (Å²) in [7, 11) is 0. The first-order chi connectivity index (χ1) is 13.8. The molecule has 1 aliphatic rings. The van der Waals surface area contributed by atoms with Gasteiger partial charge in [-0.25, -0.2) is 0 Å². The zero-order valence-electron chi connectivity index (χ0n) is 15.3. The number of para-hydroxylation sites is 1. The topological polar surface area (TPSA) is 65.2 Å². The molecule has 5 nitrogen and oxygen atoms in total. The predicted molar refractivity (Wildman–Crippen MR) is 101 cm³/mol. The molecule has 1 aromatic heterocycles. The quantitative estimate of drug-likeness (QED) is 0.700. The SMILES string of the molecule is O=C(N[C@@H]1CC(=O)N(Cc2ccccc2C(F)(F)F)C1)c1cccc2cc[nH]c12. The molecule has 0 saturated carbocycles. The van der Waals surface area contributed by atoms with Crippen LogP contribution in [0.3, 0.4) is 0 Å². The summed E-state index contributed by atoms with van der Waals surface area (Å²) in [5.74, 6) is -0.612. The molecule has 1 fully saturated rings. The van der Waals surface area contributed by atoms with E-state index in [1.165, 1.54) is 23.1 Å². The fraction of sp³-hybridized carbons (Fsp3) is 0.238. The van der Waals surface area contributed by atoms with Crippen LogP contribution < -0.4 is 5.32 Å². The summed E-state index contributed by atoms with van der Waals surface area (Å²) < 4.78 is 39.6. The van der Waals surface area contributed by atoms with E-state index < -0.39 is 17.8 Å². The number of hydrogen-bond donors (Lipinski definition) is 2. The number of nitrogens with one attached hydrogen (secondary N) is 2. The fourth-order valence-electron chi connectivity index (χ4n) is 3.70. The molecule has 0 unspecified atom stereocenters. The van der Waals surface area contributed by atoms with Crippen LogP contribution >= 0.6 is 0 Å². The number of rotatable bonds is 4. The zero-order valence-corrected chi connectivity index (χ0v) is 15.3. The van der Waals surface area contributed by atoms with Crippen LogP contribution in [0.5, 0.6) is 0 Å². The second kappa shape index (κ2) is 7.27. The van der Waals surface area contributed by atoms with Crippen LogP contribution in [0.15, 0.2) is 54.7 Å². The van der Waals surface area contributed by atoms with Gasteiger partial charge >= 0.3 is 6.18 Å². The number of amides is 2. The van der Waals surface area contributed by atoms with Gasteiger partial charge in [0.25, 0.3) is 5.91 Å². The van der Waals surface area contributed by atoms with Crippen molar-refractivity contribution < 1.29 is 22.8 Å². The third-order valence-electron chi connectivity index (χ3n) is 5.07. The number of carbonyl (C=O) groups excluding carboxylic acids is 2. The van der Waals surface area contributed by atoms with Gasteiger partial charge in [0.15, 0.2) is 0 Å². The normalized spacial score (nSPS) is 17.1. The second-order valence-electron chi connectivity index (χ2n) is 7.05. The maximum atomic E-state index is 13.2. The van der Waals surface area contributed by atoms with Crippen molar-refractivity contribution in [2.45, 2.75) is 25.2 Å². The first-order valence-electron chi connectivity index (χ1n) is 9.13. The lowest BCUT2D eigenvalue weighted by atomic mass is 10.1. The average Bonchev–Trinajstić information content (AvgIpc) is 3.27. The van der Waals surface area contributed by atoms with Gasteiger partial charge in [0.2, 0.25) is 5.91 Å². The Morgan fingerprint density at radius 3 is 2.72 bits per heavy atom. The highest BCUT2D eigenvalue weighted by molar-refractivity contribution is 6.06. The monoisotopic (exact) mass is 401 g/mol. The van der Waals surface area contributed by atoms with E-state index in [1.807, 2.05) is 12.1 Å². The number of hydrogen-bond acceptors (Lipinski definition) is 2. The first kappa shape index (κ1) is 19.0. The molecule has 2 amide bonds. The van der Waals surface area contributed by atoms with Gasteiger partial charge in [-0.3, -0.25) is 9.59 Å². The fourth-order valence-corrected chi connectivity index (χ4v) is 3.70. The van der Waals surface area contributed by atoms with Crippen LogP contribution in [0, 0.1) is 0 Å². The number of H-pyrrole nitrogens is 1. The Labute approximate surface area is 164 Å². The lowest BCUT2D eigenvalue weighted by molar-refractivity contribution is -0.139.